The fourth-order valence-electron chi connectivity index (χ4n) is 2.98. The van der Waals surface area contributed by atoms with Gasteiger partial charge in [0.15, 0.2) is 0 Å². The molecular formula is C20H21O11S-. The lowest BCUT2D eigenvalue weighted by molar-refractivity contribution is -0.276. The van der Waals surface area contributed by atoms with Crippen LogP contribution in [0.3, 0.4) is 0 Å². The van der Waals surface area contributed by atoms with E-state index in [0.29, 0.717) is 5.56 Å². The third kappa shape index (κ3) is 6.40. The molecule has 0 bridgehead atoms. The maximum atomic E-state index is 10.6. The average molecular weight is 469 g/mol. The topological polar surface area (TPSA) is 186 Å². The maximum absolute atomic E-state index is 10.6. The van der Waals surface area contributed by atoms with Crippen LogP contribution in [0.4, 0.5) is 0 Å². The molecule has 0 radical (unpaired) electrons. The minimum Gasteiger partial charge on any atom is -0.726 e. The Labute approximate surface area is 183 Å². The minimum atomic E-state index is -5.08. The van der Waals surface area contributed by atoms with Crippen molar-refractivity contribution in [3.8, 4) is 17.2 Å². The van der Waals surface area contributed by atoms with Gasteiger partial charge in [-0.3, -0.25) is 4.18 Å². The number of hydrogen-bond donors (Lipinski definition) is 5. The van der Waals surface area contributed by atoms with E-state index in [9.17, 15) is 38.5 Å². The van der Waals surface area contributed by atoms with Crippen molar-refractivity contribution in [2.45, 2.75) is 30.7 Å². The zero-order valence-corrected chi connectivity index (χ0v) is 17.2. The number of phenols is 2. The Morgan fingerprint density at radius 2 is 1.56 bits per heavy atom. The van der Waals surface area contributed by atoms with Crippen molar-refractivity contribution in [3.05, 3.63) is 53.6 Å². The molecule has 0 amide bonds. The molecule has 12 heteroatoms. The lowest BCUT2D eigenvalue weighted by Gasteiger charge is -2.40. The molecule has 1 heterocycles. The summed E-state index contributed by atoms with van der Waals surface area (Å²) < 4.78 is 46.8. The Kier molecular flexibility index (Phi) is 7.36. The number of aromatic hydroxyl groups is 2. The Morgan fingerprint density at radius 1 is 0.906 bits per heavy atom. The summed E-state index contributed by atoms with van der Waals surface area (Å²) in [6, 6.07) is 10.5. The highest BCUT2D eigenvalue weighted by molar-refractivity contribution is 7.80. The first kappa shape index (κ1) is 23.9. The van der Waals surface area contributed by atoms with E-state index in [0.717, 1.165) is 5.56 Å². The van der Waals surface area contributed by atoms with Gasteiger partial charge in [0, 0.05) is 6.07 Å². The van der Waals surface area contributed by atoms with Crippen molar-refractivity contribution in [1.82, 2.24) is 0 Å². The summed E-state index contributed by atoms with van der Waals surface area (Å²) in [4.78, 5) is 0. The monoisotopic (exact) mass is 469 g/mol. The van der Waals surface area contributed by atoms with E-state index in [2.05, 4.69) is 4.18 Å². The zero-order chi connectivity index (χ0) is 23.5. The van der Waals surface area contributed by atoms with E-state index in [1.54, 1.807) is 24.3 Å². The second-order valence-corrected chi connectivity index (χ2v) is 8.06. The predicted molar refractivity (Wildman–Crippen MR) is 108 cm³/mol. The van der Waals surface area contributed by atoms with Crippen LogP contribution >= 0.6 is 0 Å². The molecule has 5 N–H and O–H groups in total. The van der Waals surface area contributed by atoms with Crippen molar-refractivity contribution in [3.63, 3.8) is 0 Å². The molecule has 1 fully saturated rings. The number of aliphatic hydroxyl groups excluding tert-OH is 3. The van der Waals surface area contributed by atoms with Crippen LogP contribution in [0.2, 0.25) is 0 Å². The molecule has 1 aliphatic heterocycles. The third-order valence-electron chi connectivity index (χ3n) is 4.57. The van der Waals surface area contributed by atoms with Crippen LogP contribution < -0.4 is 4.74 Å². The molecule has 0 saturated carbocycles. The van der Waals surface area contributed by atoms with Gasteiger partial charge < -0.3 is 39.6 Å². The number of hydrogen-bond acceptors (Lipinski definition) is 11. The SMILES string of the molecule is O=S(=O)([O-])OC[C@H]1O[C@@H](Oc2cc(O)cc(/C=C\c3ccc(O)cc3)c2)[C@H](O)[C@@H](O)[C@@H]1O. The maximum Gasteiger partial charge on any atom is 0.229 e. The number of aliphatic hydroxyl groups is 3. The highest BCUT2D eigenvalue weighted by atomic mass is 32.3. The van der Waals surface area contributed by atoms with Crippen molar-refractivity contribution < 1.29 is 52.2 Å². The lowest BCUT2D eigenvalue weighted by Crippen LogP contribution is -2.60. The van der Waals surface area contributed by atoms with Crippen molar-refractivity contribution in [2.75, 3.05) is 6.61 Å². The Hall–Kier alpha value is -2.71. The lowest BCUT2D eigenvalue weighted by atomic mass is 9.99. The molecule has 0 aliphatic carbocycles. The quantitative estimate of drug-likeness (QED) is 0.208. The third-order valence-corrected chi connectivity index (χ3v) is 5.00. The summed E-state index contributed by atoms with van der Waals surface area (Å²) in [5, 5.41) is 49.4. The number of phenolic OH excluding ortho intramolecular Hbond substituents is 2. The standard InChI is InChI=1S/C20H22O11S/c21-13-5-3-11(4-6-13)1-2-12-7-14(22)9-15(8-12)30-20-19(25)18(24)17(23)16(31-20)10-29-32(26,27)28/h1-9,16-25H,10H2,(H,26,27,28)/p-1/b2-1-/t16-,17-,18+,19-,20-/m1/s1. The summed E-state index contributed by atoms with van der Waals surface area (Å²) in [6.45, 7) is -0.905. The molecule has 1 aliphatic rings. The van der Waals surface area contributed by atoms with Crippen LogP contribution in [-0.2, 0) is 19.3 Å². The zero-order valence-electron chi connectivity index (χ0n) is 16.4. The van der Waals surface area contributed by atoms with E-state index >= 15 is 0 Å². The largest absolute Gasteiger partial charge is 0.726 e. The first-order valence-corrected chi connectivity index (χ1v) is 10.6. The molecule has 3 rings (SSSR count). The van der Waals surface area contributed by atoms with E-state index in [1.165, 1.54) is 30.3 Å². The summed E-state index contributed by atoms with van der Waals surface area (Å²) in [6.07, 6.45) is -4.99. The molecule has 2 aromatic carbocycles. The number of benzene rings is 2. The van der Waals surface area contributed by atoms with Gasteiger partial charge in [-0.05, 0) is 35.4 Å². The summed E-state index contributed by atoms with van der Waals surface area (Å²) >= 11 is 0. The van der Waals surface area contributed by atoms with Crippen molar-refractivity contribution >= 4 is 22.6 Å². The van der Waals surface area contributed by atoms with Gasteiger partial charge in [0.1, 0.15) is 41.7 Å². The second kappa shape index (κ2) is 9.83. The summed E-state index contributed by atoms with van der Waals surface area (Å²) in [5.41, 5.74) is 1.27. The Bertz CT molecular complexity index is 1050. The van der Waals surface area contributed by atoms with Gasteiger partial charge in [0.05, 0.1) is 6.61 Å². The van der Waals surface area contributed by atoms with Gasteiger partial charge in [-0.1, -0.05) is 24.3 Å². The smallest absolute Gasteiger partial charge is 0.229 e. The molecule has 32 heavy (non-hydrogen) atoms. The van der Waals surface area contributed by atoms with E-state index in [-0.39, 0.29) is 17.2 Å². The first-order chi connectivity index (χ1) is 15.0. The molecule has 174 valence electrons. The minimum absolute atomic E-state index is 0.0270. The van der Waals surface area contributed by atoms with E-state index in [1.807, 2.05) is 0 Å². The summed E-state index contributed by atoms with van der Waals surface area (Å²) in [7, 11) is -5.08. The number of ether oxygens (including phenoxy) is 2. The number of rotatable bonds is 7. The van der Waals surface area contributed by atoms with Crippen LogP contribution in [0.5, 0.6) is 17.2 Å². The first-order valence-electron chi connectivity index (χ1n) is 9.29. The molecule has 0 aromatic heterocycles. The average Bonchev–Trinajstić information content (AvgIpc) is 2.72. The van der Waals surface area contributed by atoms with E-state index < -0.39 is 47.7 Å². The van der Waals surface area contributed by atoms with Gasteiger partial charge >= 0.3 is 0 Å². The normalized spacial score (nSPS) is 26.3. The summed E-state index contributed by atoms with van der Waals surface area (Å²) in [5.74, 6) is -0.0414. The van der Waals surface area contributed by atoms with Crippen LogP contribution in [0, 0.1) is 0 Å². The van der Waals surface area contributed by atoms with Gasteiger partial charge in [0.25, 0.3) is 0 Å². The highest BCUT2D eigenvalue weighted by Gasteiger charge is 2.45. The molecule has 5 atom stereocenters. The molecule has 11 nitrogen and oxygen atoms in total. The molecule has 0 unspecified atom stereocenters. The Balaban J connectivity index is 1.75. The fraction of sp³-hybridized carbons (Fsp3) is 0.300. The van der Waals surface area contributed by atoms with Crippen LogP contribution in [0.15, 0.2) is 42.5 Å². The second-order valence-electron chi connectivity index (χ2n) is 7.01. The molecule has 2 aromatic rings. The molecule has 0 spiro atoms. The van der Waals surface area contributed by atoms with E-state index in [4.69, 9.17) is 9.47 Å². The molecule has 1 saturated heterocycles. The molecular weight excluding hydrogens is 448 g/mol. The Morgan fingerprint density at radius 3 is 2.22 bits per heavy atom. The van der Waals surface area contributed by atoms with Crippen LogP contribution in [0.1, 0.15) is 11.1 Å². The van der Waals surface area contributed by atoms with Gasteiger partial charge in [0.2, 0.25) is 16.7 Å². The van der Waals surface area contributed by atoms with Crippen LogP contribution in [-0.4, -0.2) is 75.8 Å². The van der Waals surface area contributed by atoms with Gasteiger partial charge in [-0.15, -0.1) is 0 Å². The fourth-order valence-corrected chi connectivity index (χ4v) is 3.28. The highest BCUT2D eigenvalue weighted by Crippen LogP contribution is 2.28. The van der Waals surface area contributed by atoms with Crippen molar-refractivity contribution in [2.24, 2.45) is 0 Å². The van der Waals surface area contributed by atoms with Gasteiger partial charge in [-0.25, -0.2) is 8.42 Å². The van der Waals surface area contributed by atoms with Crippen molar-refractivity contribution in [1.29, 1.82) is 0 Å². The van der Waals surface area contributed by atoms with Crippen LogP contribution in [0.25, 0.3) is 12.2 Å². The predicted octanol–water partition coefficient (Wildman–Crippen LogP) is -0.0686. The van der Waals surface area contributed by atoms with Gasteiger partial charge in [-0.2, -0.15) is 0 Å².